The standard InChI is InChI=1S/C11H21ClN2O2/c1-4-9(3)14-10(15)5-6-13-11(16)8(2)7-12/h8-9H,4-7H2,1-3H3,(H,13,16)(H,14,15). The smallest absolute Gasteiger partial charge is 0.224 e. The van der Waals surface area contributed by atoms with Crippen LogP contribution < -0.4 is 10.6 Å². The highest BCUT2D eigenvalue weighted by atomic mass is 35.5. The van der Waals surface area contributed by atoms with E-state index in [1.165, 1.54) is 0 Å². The number of hydrogen-bond acceptors (Lipinski definition) is 2. The van der Waals surface area contributed by atoms with E-state index in [2.05, 4.69) is 10.6 Å². The van der Waals surface area contributed by atoms with Crippen LogP contribution in [0.5, 0.6) is 0 Å². The van der Waals surface area contributed by atoms with Crippen LogP contribution in [0.4, 0.5) is 0 Å². The first-order chi connectivity index (χ1) is 7.51. The van der Waals surface area contributed by atoms with E-state index in [1.807, 2.05) is 13.8 Å². The van der Waals surface area contributed by atoms with Gasteiger partial charge < -0.3 is 10.6 Å². The van der Waals surface area contributed by atoms with E-state index >= 15 is 0 Å². The van der Waals surface area contributed by atoms with Crippen molar-refractivity contribution >= 4 is 23.4 Å². The van der Waals surface area contributed by atoms with Gasteiger partial charge in [0.1, 0.15) is 0 Å². The lowest BCUT2D eigenvalue weighted by atomic mass is 10.2. The van der Waals surface area contributed by atoms with Crippen molar-refractivity contribution < 1.29 is 9.59 Å². The molecule has 2 unspecified atom stereocenters. The first-order valence-electron chi connectivity index (χ1n) is 5.64. The first kappa shape index (κ1) is 15.2. The zero-order chi connectivity index (χ0) is 12.6. The molecular weight excluding hydrogens is 228 g/mol. The number of hydrogen-bond donors (Lipinski definition) is 2. The van der Waals surface area contributed by atoms with Crippen LogP contribution in [0.3, 0.4) is 0 Å². The van der Waals surface area contributed by atoms with Gasteiger partial charge in [-0.05, 0) is 13.3 Å². The van der Waals surface area contributed by atoms with Crippen molar-refractivity contribution in [1.82, 2.24) is 10.6 Å². The molecule has 0 heterocycles. The van der Waals surface area contributed by atoms with Gasteiger partial charge in [-0.2, -0.15) is 0 Å². The summed E-state index contributed by atoms with van der Waals surface area (Å²) in [7, 11) is 0. The molecule has 94 valence electrons. The number of amides is 2. The van der Waals surface area contributed by atoms with Gasteiger partial charge in [-0.15, -0.1) is 11.6 Å². The van der Waals surface area contributed by atoms with Crippen molar-refractivity contribution in [3.05, 3.63) is 0 Å². The monoisotopic (exact) mass is 248 g/mol. The Morgan fingerprint density at radius 1 is 1.31 bits per heavy atom. The summed E-state index contributed by atoms with van der Waals surface area (Å²) in [4.78, 5) is 22.7. The first-order valence-corrected chi connectivity index (χ1v) is 6.17. The summed E-state index contributed by atoms with van der Waals surface area (Å²) in [5, 5.41) is 5.50. The summed E-state index contributed by atoms with van der Waals surface area (Å²) in [6.07, 6.45) is 1.21. The van der Waals surface area contributed by atoms with Crippen molar-refractivity contribution in [2.45, 2.75) is 39.7 Å². The van der Waals surface area contributed by atoms with Gasteiger partial charge in [-0.1, -0.05) is 13.8 Å². The maximum atomic E-state index is 11.3. The Morgan fingerprint density at radius 3 is 2.44 bits per heavy atom. The van der Waals surface area contributed by atoms with Crippen molar-refractivity contribution in [3.8, 4) is 0 Å². The molecule has 0 saturated carbocycles. The lowest BCUT2D eigenvalue weighted by Gasteiger charge is -2.12. The zero-order valence-corrected chi connectivity index (χ0v) is 10.9. The second kappa shape index (κ2) is 8.39. The van der Waals surface area contributed by atoms with E-state index in [1.54, 1.807) is 6.92 Å². The molecule has 2 N–H and O–H groups in total. The van der Waals surface area contributed by atoms with E-state index in [4.69, 9.17) is 11.6 Å². The van der Waals surface area contributed by atoms with Crippen LogP contribution in [-0.2, 0) is 9.59 Å². The summed E-state index contributed by atoms with van der Waals surface area (Å²) in [6.45, 7) is 6.07. The van der Waals surface area contributed by atoms with Crippen LogP contribution >= 0.6 is 11.6 Å². The van der Waals surface area contributed by atoms with Crippen molar-refractivity contribution in [1.29, 1.82) is 0 Å². The van der Waals surface area contributed by atoms with Crippen molar-refractivity contribution in [3.63, 3.8) is 0 Å². The molecule has 5 heteroatoms. The summed E-state index contributed by atoms with van der Waals surface area (Å²) < 4.78 is 0. The van der Waals surface area contributed by atoms with Gasteiger partial charge >= 0.3 is 0 Å². The fourth-order valence-electron chi connectivity index (χ4n) is 0.993. The molecule has 0 radical (unpaired) electrons. The Labute approximate surface area is 102 Å². The summed E-state index contributed by atoms with van der Waals surface area (Å²) in [6, 6.07) is 0.185. The molecule has 2 atom stereocenters. The Kier molecular flexibility index (Phi) is 7.99. The topological polar surface area (TPSA) is 58.2 Å². The van der Waals surface area contributed by atoms with Crippen molar-refractivity contribution in [2.24, 2.45) is 5.92 Å². The fourth-order valence-corrected chi connectivity index (χ4v) is 1.13. The third-order valence-electron chi connectivity index (χ3n) is 2.35. The molecule has 4 nitrogen and oxygen atoms in total. The van der Waals surface area contributed by atoms with E-state index in [0.29, 0.717) is 18.8 Å². The van der Waals surface area contributed by atoms with Gasteiger partial charge in [0.25, 0.3) is 0 Å². The van der Waals surface area contributed by atoms with E-state index in [-0.39, 0.29) is 23.8 Å². The molecule has 0 aromatic carbocycles. The Hall–Kier alpha value is -0.770. The molecule has 0 fully saturated rings. The average molecular weight is 249 g/mol. The molecule has 2 amide bonds. The summed E-state index contributed by atoms with van der Waals surface area (Å²) in [5.74, 6) is -0.0518. The number of nitrogens with one attached hydrogen (secondary N) is 2. The minimum absolute atomic E-state index is 0.0341. The highest BCUT2D eigenvalue weighted by molar-refractivity contribution is 6.19. The molecule has 0 aliphatic heterocycles. The van der Waals surface area contributed by atoms with Crippen LogP contribution in [0, 0.1) is 5.92 Å². The van der Waals surface area contributed by atoms with Gasteiger partial charge in [-0.3, -0.25) is 9.59 Å². The van der Waals surface area contributed by atoms with Crippen LogP contribution in [0.25, 0.3) is 0 Å². The highest BCUT2D eigenvalue weighted by Crippen LogP contribution is 1.97. The molecule has 0 aliphatic rings. The van der Waals surface area contributed by atoms with E-state index < -0.39 is 0 Å². The molecule has 0 aromatic rings. The summed E-state index contributed by atoms with van der Waals surface area (Å²) in [5.41, 5.74) is 0. The molecule has 0 saturated heterocycles. The van der Waals surface area contributed by atoms with E-state index in [0.717, 1.165) is 6.42 Å². The molecule has 0 rings (SSSR count). The molecule has 0 bridgehead atoms. The number of halogens is 1. The molecular formula is C11H21ClN2O2. The van der Waals surface area contributed by atoms with Gasteiger partial charge in [0.05, 0.1) is 0 Å². The zero-order valence-electron chi connectivity index (χ0n) is 10.2. The van der Waals surface area contributed by atoms with Crippen LogP contribution in [0.2, 0.25) is 0 Å². The number of alkyl halides is 1. The van der Waals surface area contributed by atoms with Crippen LogP contribution in [0.1, 0.15) is 33.6 Å². The third-order valence-corrected chi connectivity index (χ3v) is 2.81. The maximum Gasteiger partial charge on any atom is 0.224 e. The minimum Gasteiger partial charge on any atom is -0.355 e. The average Bonchev–Trinajstić information content (AvgIpc) is 2.27. The largest absolute Gasteiger partial charge is 0.355 e. The highest BCUT2D eigenvalue weighted by Gasteiger charge is 2.11. The lowest BCUT2D eigenvalue weighted by molar-refractivity contribution is -0.124. The minimum atomic E-state index is -0.209. The Balaban J connectivity index is 3.66. The van der Waals surface area contributed by atoms with Crippen LogP contribution in [-0.4, -0.2) is 30.3 Å². The predicted octanol–water partition coefficient (Wildman–Crippen LogP) is 1.28. The molecule has 16 heavy (non-hydrogen) atoms. The predicted molar refractivity (Wildman–Crippen MR) is 65.4 cm³/mol. The second-order valence-corrected chi connectivity index (χ2v) is 4.28. The second-order valence-electron chi connectivity index (χ2n) is 3.97. The fraction of sp³-hybridized carbons (Fsp3) is 0.818. The van der Waals surface area contributed by atoms with Gasteiger partial charge in [0.2, 0.25) is 11.8 Å². The van der Waals surface area contributed by atoms with Gasteiger partial charge in [-0.25, -0.2) is 0 Å². The normalized spacial score (nSPS) is 14.0. The number of carbonyl (C=O) groups excluding carboxylic acids is 2. The number of rotatable bonds is 7. The summed E-state index contributed by atoms with van der Waals surface area (Å²) >= 11 is 5.54. The number of carbonyl (C=O) groups is 2. The van der Waals surface area contributed by atoms with Gasteiger partial charge in [0, 0.05) is 30.8 Å². The third kappa shape index (κ3) is 6.67. The Morgan fingerprint density at radius 2 is 1.94 bits per heavy atom. The van der Waals surface area contributed by atoms with Gasteiger partial charge in [0.15, 0.2) is 0 Å². The molecule has 0 aliphatic carbocycles. The SMILES string of the molecule is CCC(C)NC(=O)CCNC(=O)C(C)CCl. The lowest BCUT2D eigenvalue weighted by Crippen LogP contribution is -2.36. The van der Waals surface area contributed by atoms with Crippen molar-refractivity contribution in [2.75, 3.05) is 12.4 Å². The van der Waals surface area contributed by atoms with E-state index in [9.17, 15) is 9.59 Å². The van der Waals surface area contributed by atoms with Crippen LogP contribution in [0.15, 0.2) is 0 Å². The molecule has 0 aromatic heterocycles. The maximum absolute atomic E-state index is 11.3. The quantitative estimate of drug-likeness (QED) is 0.667. The Bertz CT molecular complexity index is 234. The molecule has 0 spiro atoms.